The summed E-state index contributed by atoms with van der Waals surface area (Å²) in [6, 6.07) is 14.4. The van der Waals surface area contributed by atoms with Crippen LogP contribution in [0.1, 0.15) is 17.5 Å². The van der Waals surface area contributed by atoms with Crippen molar-refractivity contribution < 1.29 is 5.11 Å². The standard InChI is InChI=1S/C19H25N3O/c1-21(2)19(17-8-4-3-5-9-17)10-12-22(15-18(19)23)14-16-7-6-11-20-13-16/h3-9,11,13,18,23H,10,12,14-15H2,1-2H3/t18-,19+/m1/s1. The predicted molar refractivity (Wildman–Crippen MR) is 91.9 cm³/mol. The Morgan fingerprint density at radius 3 is 2.61 bits per heavy atom. The summed E-state index contributed by atoms with van der Waals surface area (Å²) in [5, 5.41) is 11.0. The minimum absolute atomic E-state index is 0.313. The number of β-amino-alcohol motifs (C(OH)–C–C–N with tert-alkyl or cyclic N) is 1. The van der Waals surface area contributed by atoms with Gasteiger partial charge in [-0.05, 0) is 37.7 Å². The molecular weight excluding hydrogens is 286 g/mol. The maximum atomic E-state index is 11.0. The summed E-state index contributed by atoms with van der Waals surface area (Å²) in [4.78, 5) is 8.66. The highest BCUT2D eigenvalue weighted by molar-refractivity contribution is 5.27. The molecule has 1 aliphatic rings. The average Bonchev–Trinajstić information content (AvgIpc) is 2.57. The smallest absolute Gasteiger partial charge is 0.0892 e. The Kier molecular flexibility index (Phi) is 4.76. The molecule has 1 aliphatic heterocycles. The number of benzene rings is 1. The van der Waals surface area contributed by atoms with Crippen molar-refractivity contribution >= 4 is 0 Å². The molecule has 0 radical (unpaired) electrons. The second-order valence-electron chi connectivity index (χ2n) is 6.55. The lowest BCUT2D eigenvalue weighted by atomic mass is 9.77. The van der Waals surface area contributed by atoms with Crippen molar-refractivity contribution in [3.63, 3.8) is 0 Å². The molecule has 2 atom stereocenters. The molecule has 2 aromatic rings. The molecule has 1 N–H and O–H groups in total. The molecule has 1 aromatic heterocycles. The van der Waals surface area contributed by atoms with Gasteiger partial charge in [0.15, 0.2) is 0 Å². The van der Waals surface area contributed by atoms with Gasteiger partial charge in [-0.3, -0.25) is 14.8 Å². The normalized spacial score (nSPS) is 25.7. The van der Waals surface area contributed by atoms with E-state index < -0.39 is 6.10 Å². The first-order valence-corrected chi connectivity index (χ1v) is 8.15. The number of rotatable bonds is 4. The van der Waals surface area contributed by atoms with Crippen molar-refractivity contribution in [2.24, 2.45) is 0 Å². The van der Waals surface area contributed by atoms with E-state index in [4.69, 9.17) is 0 Å². The fraction of sp³-hybridized carbons (Fsp3) is 0.421. The third kappa shape index (κ3) is 3.15. The van der Waals surface area contributed by atoms with Gasteiger partial charge in [0.1, 0.15) is 0 Å². The van der Waals surface area contributed by atoms with Crippen LogP contribution in [0.2, 0.25) is 0 Å². The van der Waals surface area contributed by atoms with Crippen molar-refractivity contribution in [2.45, 2.75) is 24.6 Å². The molecule has 4 nitrogen and oxygen atoms in total. The van der Waals surface area contributed by atoms with Gasteiger partial charge in [0, 0.05) is 32.0 Å². The third-order valence-electron chi connectivity index (χ3n) is 4.99. The Hall–Kier alpha value is -1.75. The van der Waals surface area contributed by atoms with Crippen LogP contribution in [0.5, 0.6) is 0 Å². The Labute approximate surface area is 138 Å². The van der Waals surface area contributed by atoms with Crippen molar-refractivity contribution in [2.75, 3.05) is 27.2 Å². The summed E-state index contributed by atoms with van der Waals surface area (Å²) in [5.74, 6) is 0. The Bertz CT molecular complexity index is 617. The second-order valence-corrected chi connectivity index (χ2v) is 6.55. The number of pyridine rings is 1. The number of likely N-dealkylation sites (N-methyl/N-ethyl adjacent to an activating group) is 1. The topological polar surface area (TPSA) is 39.6 Å². The lowest BCUT2D eigenvalue weighted by molar-refractivity contribution is -0.0702. The molecule has 0 amide bonds. The fourth-order valence-corrected chi connectivity index (χ4v) is 3.72. The summed E-state index contributed by atoms with van der Waals surface area (Å²) in [5.41, 5.74) is 2.07. The molecule has 0 spiro atoms. The SMILES string of the molecule is CN(C)[C@]1(c2ccccc2)CCN(Cc2cccnc2)C[C@H]1O. The lowest BCUT2D eigenvalue weighted by Crippen LogP contribution is -2.59. The molecule has 23 heavy (non-hydrogen) atoms. The summed E-state index contributed by atoms with van der Waals surface area (Å²) in [6.45, 7) is 2.46. The Morgan fingerprint density at radius 1 is 1.22 bits per heavy atom. The average molecular weight is 311 g/mol. The monoisotopic (exact) mass is 311 g/mol. The highest BCUT2D eigenvalue weighted by Crippen LogP contribution is 2.37. The van der Waals surface area contributed by atoms with E-state index in [-0.39, 0.29) is 5.54 Å². The molecule has 1 fully saturated rings. The van der Waals surface area contributed by atoms with Gasteiger partial charge in [-0.15, -0.1) is 0 Å². The summed E-state index contributed by atoms with van der Waals surface area (Å²) >= 11 is 0. The van der Waals surface area contributed by atoms with Crippen molar-refractivity contribution in [1.82, 2.24) is 14.8 Å². The first-order valence-electron chi connectivity index (χ1n) is 8.15. The van der Waals surface area contributed by atoms with Crippen molar-refractivity contribution in [3.05, 3.63) is 66.0 Å². The Morgan fingerprint density at radius 2 is 2.00 bits per heavy atom. The van der Waals surface area contributed by atoms with E-state index in [1.165, 1.54) is 11.1 Å². The third-order valence-corrected chi connectivity index (χ3v) is 4.99. The van der Waals surface area contributed by atoms with Crippen LogP contribution < -0.4 is 0 Å². The van der Waals surface area contributed by atoms with Gasteiger partial charge in [0.25, 0.3) is 0 Å². The lowest BCUT2D eigenvalue weighted by Gasteiger charge is -2.50. The number of aliphatic hydroxyl groups is 1. The maximum Gasteiger partial charge on any atom is 0.0892 e. The van der Waals surface area contributed by atoms with Gasteiger partial charge < -0.3 is 5.11 Å². The maximum absolute atomic E-state index is 11.0. The first kappa shape index (κ1) is 16.1. The molecule has 4 heteroatoms. The minimum atomic E-state index is -0.426. The van der Waals surface area contributed by atoms with Crippen LogP contribution in [0.25, 0.3) is 0 Å². The van der Waals surface area contributed by atoms with E-state index in [2.05, 4.69) is 59.2 Å². The highest BCUT2D eigenvalue weighted by atomic mass is 16.3. The van der Waals surface area contributed by atoms with Gasteiger partial charge >= 0.3 is 0 Å². The molecule has 122 valence electrons. The van der Waals surface area contributed by atoms with E-state index >= 15 is 0 Å². The van der Waals surface area contributed by atoms with Gasteiger partial charge in [0.2, 0.25) is 0 Å². The molecule has 2 heterocycles. The van der Waals surface area contributed by atoms with Gasteiger partial charge in [-0.25, -0.2) is 0 Å². The van der Waals surface area contributed by atoms with Crippen molar-refractivity contribution in [1.29, 1.82) is 0 Å². The van der Waals surface area contributed by atoms with Gasteiger partial charge in [-0.2, -0.15) is 0 Å². The van der Waals surface area contributed by atoms with Gasteiger partial charge in [-0.1, -0.05) is 36.4 Å². The number of hydrogen-bond donors (Lipinski definition) is 1. The van der Waals surface area contributed by atoms with Crippen LogP contribution >= 0.6 is 0 Å². The highest BCUT2D eigenvalue weighted by Gasteiger charge is 2.45. The molecule has 1 saturated heterocycles. The van der Waals surface area contributed by atoms with Crippen LogP contribution in [-0.2, 0) is 12.1 Å². The number of aliphatic hydroxyl groups excluding tert-OH is 1. The fourth-order valence-electron chi connectivity index (χ4n) is 3.72. The predicted octanol–water partition coefficient (Wildman–Crippen LogP) is 2.11. The number of nitrogens with zero attached hydrogens (tertiary/aromatic N) is 3. The summed E-state index contributed by atoms with van der Waals surface area (Å²) in [7, 11) is 4.12. The molecule has 0 saturated carbocycles. The second kappa shape index (κ2) is 6.79. The summed E-state index contributed by atoms with van der Waals surface area (Å²) < 4.78 is 0. The minimum Gasteiger partial charge on any atom is -0.389 e. The zero-order valence-corrected chi connectivity index (χ0v) is 13.9. The Balaban J connectivity index is 1.78. The quantitative estimate of drug-likeness (QED) is 0.939. The summed E-state index contributed by atoms with van der Waals surface area (Å²) in [6.07, 6.45) is 4.18. The molecule has 3 rings (SSSR count). The van der Waals surface area contributed by atoms with Crippen LogP contribution in [-0.4, -0.2) is 53.2 Å². The van der Waals surface area contributed by atoms with Crippen LogP contribution in [0.4, 0.5) is 0 Å². The van der Waals surface area contributed by atoms with E-state index in [0.29, 0.717) is 6.54 Å². The first-order chi connectivity index (χ1) is 11.1. The van der Waals surface area contributed by atoms with E-state index in [1.54, 1.807) is 6.20 Å². The van der Waals surface area contributed by atoms with Gasteiger partial charge in [0.05, 0.1) is 11.6 Å². The largest absolute Gasteiger partial charge is 0.389 e. The zero-order valence-electron chi connectivity index (χ0n) is 13.9. The number of aromatic nitrogens is 1. The van der Waals surface area contributed by atoms with E-state index in [1.807, 2.05) is 18.3 Å². The van der Waals surface area contributed by atoms with Crippen LogP contribution in [0.15, 0.2) is 54.9 Å². The molecule has 0 aliphatic carbocycles. The van der Waals surface area contributed by atoms with E-state index in [9.17, 15) is 5.11 Å². The molecule has 0 bridgehead atoms. The molecule has 0 unspecified atom stereocenters. The zero-order chi connectivity index (χ0) is 16.3. The van der Waals surface area contributed by atoms with E-state index in [0.717, 1.165) is 19.5 Å². The van der Waals surface area contributed by atoms with Crippen LogP contribution in [0, 0.1) is 0 Å². The van der Waals surface area contributed by atoms with Crippen LogP contribution in [0.3, 0.4) is 0 Å². The number of hydrogen-bond acceptors (Lipinski definition) is 4. The number of piperidine rings is 1. The van der Waals surface area contributed by atoms with Crippen molar-refractivity contribution in [3.8, 4) is 0 Å². The molecular formula is C19H25N3O. The molecule has 1 aromatic carbocycles. The number of likely N-dealkylation sites (tertiary alicyclic amines) is 1.